The van der Waals surface area contributed by atoms with Crippen LogP contribution in [0.4, 0.5) is 5.69 Å². The molecule has 2 N–H and O–H groups in total. The Morgan fingerprint density at radius 3 is 2.63 bits per heavy atom. The average Bonchev–Trinajstić information content (AvgIpc) is 3.09. The topological polar surface area (TPSA) is 46.3 Å². The minimum atomic E-state index is 0.199. The Labute approximate surface area is 165 Å². The monoisotopic (exact) mass is 370 g/mol. The average molecular weight is 371 g/mol. The molecular formula is C24H38N2O. The molecule has 1 aliphatic heterocycles. The lowest BCUT2D eigenvalue weighted by atomic mass is 9.79. The van der Waals surface area contributed by atoms with Crippen molar-refractivity contribution in [2.45, 2.75) is 84.6 Å². The molecule has 1 heterocycles. The van der Waals surface area contributed by atoms with Gasteiger partial charge in [-0.05, 0) is 67.6 Å². The van der Waals surface area contributed by atoms with Gasteiger partial charge in [0.05, 0.1) is 0 Å². The number of fused-ring (bicyclic) bond motifs is 1. The lowest BCUT2D eigenvalue weighted by molar-refractivity contribution is -0.123. The van der Waals surface area contributed by atoms with E-state index in [0.29, 0.717) is 11.8 Å². The van der Waals surface area contributed by atoms with Gasteiger partial charge in [0.15, 0.2) is 0 Å². The maximum absolute atomic E-state index is 13.1. The number of amides is 1. The van der Waals surface area contributed by atoms with E-state index in [1.807, 2.05) is 0 Å². The number of unbranched alkanes of at least 4 members (excludes halogenated alkanes) is 1. The molecule has 150 valence electrons. The van der Waals surface area contributed by atoms with E-state index in [1.165, 1.54) is 43.2 Å². The van der Waals surface area contributed by atoms with Gasteiger partial charge in [0.25, 0.3) is 0 Å². The fourth-order valence-corrected chi connectivity index (χ4v) is 4.73. The van der Waals surface area contributed by atoms with Crippen LogP contribution in [0.1, 0.15) is 76.8 Å². The van der Waals surface area contributed by atoms with E-state index in [1.54, 1.807) is 0 Å². The van der Waals surface area contributed by atoms with Crippen molar-refractivity contribution in [2.24, 2.45) is 23.5 Å². The van der Waals surface area contributed by atoms with Gasteiger partial charge in [0.2, 0.25) is 5.91 Å². The lowest BCUT2D eigenvalue weighted by Gasteiger charge is -2.30. The molecule has 27 heavy (non-hydrogen) atoms. The smallest absolute Gasteiger partial charge is 0.230 e. The molecule has 0 radical (unpaired) electrons. The maximum atomic E-state index is 13.1. The molecule has 1 fully saturated rings. The second kappa shape index (κ2) is 9.23. The first-order valence-corrected chi connectivity index (χ1v) is 11.2. The van der Waals surface area contributed by atoms with Crippen LogP contribution in [0.2, 0.25) is 0 Å². The van der Waals surface area contributed by atoms with Crippen molar-refractivity contribution in [2.75, 3.05) is 11.4 Å². The SMILES string of the molecule is CCCCC1CCC(C(=O)N2CCc3cc(CC(N)C(C)C)ccc32)CC1. The van der Waals surface area contributed by atoms with E-state index in [-0.39, 0.29) is 12.0 Å². The zero-order valence-corrected chi connectivity index (χ0v) is 17.5. The van der Waals surface area contributed by atoms with Gasteiger partial charge in [0, 0.05) is 24.2 Å². The number of rotatable bonds is 7. The minimum Gasteiger partial charge on any atom is -0.327 e. The summed E-state index contributed by atoms with van der Waals surface area (Å²) in [5.41, 5.74) is 10.0. The molecule has 2 aliphatic rings. The molecule has 1 aromatic carbocycles. The first kappa shape index (κ1) is 20.4. The van der Waals surface area contributed by atoms with Crippen LogP contribution in [0.3, 0.4) is 0 Å². The Bertz CT molecular complexity index is 631. The summed E-state index contributed by atoms with van der Waals surface area (Å²) < 4.78 is 0. The molecule has 0 saturated heterocycles. The number of anilines is 1. The Morgan fingerprint density at radius 1 is 1.22 bits per heavy atom. The normalized spacial score (nSPS) is 23.5. The number of carbonyl (C=O) groups is 1. The van der Waals surface area contributed by atoms with Gasteiger partial charge >= 0.3 is 0 Å². The molecule has 0 aromatic heterocycles. The summed E-state index contributed by atoms with van der Waals surface area (Å²) in [5, 5.41) is 0. The summed E-state index contributed by atoms with van der Waals surface area (Å²) in [7, 11) is 0. The van der Waals surface area contributed by atoms with Gasteiger partial charge in [0.1, 0.15) is 0 Å². The molecule has 1 unspecified atom stereocenters. The fraction of sp³-hybridized carbons (Fsp3) is 0.708. The zero-order valence-electron chi connectivity index (χ0n) is 17.5. The third kappa shape index (κ3) is 4.93. The van der Waals surface area contributed by atoms with Gasteiger partial charge in [-0.1, -0.05) is 52.2 Å². The van der Waals surface area contributed by atoms with E-state index >= 15 is 0 Å². The zero-order chi connectivity index (χ0) is 19.4. The highest BCUT2D eigenvalue weighted by molar-refractivity contribution is 5.97. The van der Waals surface area contributed by atoms with Crippen molar-refractivity contribution in [3.05, 3.63) is 29.3 Å². The van der Waals surface area contributed by atoms with Gasteiger partial charge in [-0.2, -0.15) is 0 Å². The predicted molar refractivity (Wildman–Crippen MR) is 114 cm³/mol. The number of carbonyl (C=O) groups excluding carboxylic acids is 1. The molecule has 1 aromatic rings. The Kier molecular flexibility index (Phi) is 6.97. The summed E-state index contributed by atoms with van der Waals surface area (Å²) >= 11 is 0. The number of benzene rings is 1. The summed E-state index contributed by atoms with van der Waals surface area (Å²) in [4.78, 5) is 15.2. The lowest BCUT2D eigenvalue weighted by Crippen LogP contribution is -2.36. The third-order valence-corrected chi connectivity index (χ3v) is 6.80. The van der Waals surface area contributed by atoms with Crippen LogP contribution in [0.15, 0.2) is 18.2 Å². The Morgan fingerprint density at radius 2 is 1.96 bits per heavy atom. The highest BCUT2D eigenvalue weighted by atomic mass is 16.2. The molecule has 3 nitrogen and oxygen atoms in total. The van der Waals surface area contributed by atoms with Gasteiger partial charge < -0.3 is 10.6 Å². The van der Waals surface area contributed by atoms with Crippen molar-refractivity contribution in [1.82, 2.24) is 0 Å². The number of hydrogen-bond donors (Lipinski definition) is 1. The van der Waals surface area contributed by atoms with Crippen LogP contribution in [-0.2, 0) is 17.6 Å². The summed E-state index contributed by atoms with van der Waals surface area (Å²) in [5.74, 6) is 1.95. The number of nitrogens with zero attached hydrogens (tertiary/aromatic N) is 1. The molecule has 1 atom stereocenters. The molecule has 0 bridgehead atoms. The highest BCUT2D eigenvalue weighted by Crippen LogP contribution is 2.36. The molecule has 1 aliphatic carbocycles. The second-order valence-electron chi connectivity index (χ2n) is 9.17. The molecule has 1 saturated carbocycles. The van der Waals surface area contributed by atoms with E-state index in [0.717, 1.165) is 43.8 Å². The number of nitrogens with two attached hydrogens (primary N) is 1. The van der Waals surface area contributed by atoms with Crippen molar-refractivity contribution >= 4 is 11.6 Å². The van der Waals surface area contributed by atoms with E-state index in [2.05, 4.69) is 43.9 Å². The van der Waals surface area contributed by atoms with Crippen LogP contribution in [0.25, 0.3) is 0 Å². The summed E-state index contributed by atoms with van der Waals surface area (Å²) in [6.45, 7) is 7.47. The minimum absolute atomic E-state index is 0.199. The standard InChI is InChI=1S/C24H38N2O/c1-4-5-6-18-7-10-20(11-8-18)24(27)26-14-13-21-15-19(9-12-23(21)26)16-22(25)17(2)3/h9,12,15,17-18,20,22H,4-8,10-11,13-14,16,25H2,1-3H3. The second-order valence-corrected chi connectivity index (χ2v) is 9.17. The first-order chi connectivity index (χ1) is 13.0. The fourth-order valence-electron chi connectivity index (χ4n) is 4.73. The predicted octanol–water partition coefficient (Wildman–Crippen LogP) is 5.10. The largest absolute Gasteiger partial charge is 0.327 e. The Hall–Kier alpha value is -1.35. The molecule has 3 heteroatoms. The van der Waals surface area contributed by atoms with Crippen molar-refractivity contribution in [3.63, 3.8) is 0 Å². The third-order valence-electron chi connectivity index (χ3n) is 6.80. The van der Waals surface area contributed by atoms with Gasteiger partial charge in [-0.25, -0.2) is 0 Å². The number of hydrogen-bond acceptors (Lipinski definition) is 2. The molecular weight excluding hydrogens is 332 g/mol. The van der Waals surface area contributed by atoms with Crippen molar-refractivity contribution < 1.29 is 4.79 Å². The quantitative estimate of drug-likeness (QED) is 0.726. The van der Waals surface area contributed by atoms with Crippen LogP contribution in [0, 0.1) is 17.8 Å². The van der Waals surface area contributed by atoms with Crippen LogP contribution in [0.5, 0.6) is 0 Å². The van der Waals surface area contributed by atoms with Gasteiger partial charge in [-0.15, -0.1) is 0 Å². The summed E-state index contributed by atoms with van der Waals surface area (Å²) in [6, 6.07) is 6.82. The van der Waals surface area contributed by atoms with Crippen LogP contribution >= 0.6 is 0 Å². The van der Waals surface area contributed by atoms with Gasteiger partial charge in [-0.3, -0.25) is 4.79 Å². The van der Waals surface area contributed by atoms with E-state index in [4.69, 9.17) is 5.73 Å². The Balaban J connectivity index is 1.60. The van der Waals surface area contributed by atoms with Crippen LogP contribution < -0.4 is 10.6 Å². The summed E-state index contributed by atoms with van der Waals surface area (Å²) in [6.07, 6.45) is 10.5. The maximum Gasteiger partial charge on any atom is 0.230 e. The van der Waals surface area contributed by atoms with E-state index in [9.17, 15) is 4.79 Å². The molecule has 0 spiro atoms. The first-order valence-electron chi connectivity index (χ1n) is 11.2. The van der Waals surface area contributed by atoms with E-state index < -0.39 is 0 Å². The van der Waals surface area contributed by atoms with Crippen LogP contribution in [-0.4, -0.2) is 18.5 Å². The molecule has 1 amide bonds. The molecule has 3 rings (SSSR count). The van der Waals surface area contributed by atoms with Crippen molar-refractivity contribution in [3.8, 4) is 0 Å². The van der Waals surface area contributed by atoms with Crippen molar-refractivity contribution in [1.29, 1.82) is 0 Å². The highest BCUT2D eigenvalue weighted by Gasteiger charge is 2.32.